The van der Waals surface area contributed by atoms with Gasteiger partial charge in [-0.15, -0.1) is 5.73 Å². The summed E-state index contributed by atoms with van der Waals surface area (Å²) in [6.45, 7) is 3.49. The Balaban J connectivity index is 3.00. The Morgan fingerprint density at radius 3 is 2.42 bits per heavy atom. The highest BCUT2D eigenvalue weighted by Crippen LogP contribution is 2.30. The second-order valence-corrected chi connectivity index (χ2v) is 2.88. The van der Waals surface area contributed by atoms with E-state index in [2.05, 4.69) is 5.73 Å². The highest BCUT2D eigenvalue weighted by Gasteiger charge is 2.33. The average molecular weight is 174 g/mol. The van der Waals surface area contributed by atoms with Crippen molar-refractivity contribution in [2.45, 2.75) is 20.0 Å². The highest BCUT2D eigenvalue weighted by molar-refractivity contribution is 5.32. The first-order chi connectivity index (χ1) is 5.41. The predicted molar refractivity (Wildman–Crippen MR) is 40.6 cm³/mol. The zero-order valence-corrected chi connectivity index (χ0v) is 6.87. The number of allylic oxidation sites excluding steroid dienone is 3. The fraction of sp³-hybridized carbons (Fsp3) is 0.444. The van der Waals surface area contributed by atoms with Gasteiger partial charge in [0.2, 0.25) is 0 Å². The Morgan fingerprint density at radius 2 is 2.00 bits per heavy atom. The number of hydrogen-bond donors (Lipinski definition) is 0. The van der Waals surface area contributed by atoms with Crippen LogP contribution in [0.4, 0.5) is 13.2 Å². The Labute approximate surface area is 69.1 Å². The van der Waals surface area contributed by atoms with E-state index in [1.54, 1.807) is 13.8 Å². The van der Waals surface area contributed by atoms with Gasteiger partial charge in [-0.2, -0.15) is 13.2 Å². The third-order valence-corrected chi connectivity index (χ3v) is 1.90. The van der Waals surface area contributed by atoms with Crippen LogP contribution < -0.4 is 0 Å². The van der Waals surface area contributed by atoms with Crippen molar-refractivity contribution in [3.63, 3.8) is 0 Å². The van der Waals surface area contributed by atoms with Gasteiger partial charge in [0.05, 0.1) is 5.57 Å². The number of hydrogen-bond acceptors (Lipinski definition) is 0. The molecule has 0 aromatic rings. The summed E-state index contributed by atoms with van der Waals surface area (Å²) in [6.07, 6.45) is -2.02. The summed E-state index contributed by atoms with van der Waals surface area (Å²) in [5.41, 5.74) is 2.83. The van der Waals surface area contributed by atoms with Crippen LogP contribution in [-0.4, -0.2) is 6.18 Å². The minimum absolute atomic E-state index is 0.161. The molecule has 0 fully saturated rings. The van der Waals surface area contributed by atoms with Gasteiger partial charge in [0.15, 0.2) is 0 Å². The zero-order chi connectivity index (χ0) is 9.35. The third-order valence-electron chi connectivity index (χ3n) is 1.90. The lowest BCUT2D eigenvalue weighted by molar-refractivity contribution is -0.0886. The summed E-state index contributed by atoms with van der Waals surface area (Å²) < 4.78 is 36.3. The molecular formula is C9H9F3. The van der Waals surface area contributed by atoms with Crippen molar-refractivity contribution in [1.29, 1.82) is 0 Å². The molecule has 0 amide bonds. The minimum atomic E-state index is -4.23. The van der Waals surface area contributed by atoms with Crippen LogP contribution in [0.2, 0.25) is 0 Å². The monoisotopic (exact) mass is 174 g/mol. The molecule has 66 valence electrons. The SMILES string of the molecule is CC1=C=CC(C(F)(F)F)=CC1C. The molecule has 0 N–H and O–H groups in total. The van der Waals surface area contributed by atoms with E-state index in [1.165, 1.54) is 6.08 Å². The maximum Gasteiger partial charge on any atom is 0.416 e. The average Bonchev–Trinajstić information content (AvgIpc) is 1.92. The molecule has 0 saturated carbocycles. The lowest BCUT2D eigenvalue weighted by atomic mass is 9.96. The first kappa shape index (κ1) is 9.14. The van der Waals surface area contributed by atoms with Crippen LogP contribution in [0.5, 0.6) is 0 Å². The van der Waals surface area contributed by atoms with Crippen LogP contribution >= 0.6 is 0 Å². The summed E-state index contributed by atoms with van der Waals surface area (Å²) >= 11 is 0. The Hall–Kier alpha value is -0.950. The standard InChI is InChI=1S/C9H9F3/c1-6-3-4-8(5-7(6)2)9(10,11)12/h4-5,7H,1-2H3. The molecule has 1 aliphatic carbocycles. The molecule has 0 aromatic heterocycles. The second-order valence-electron chi connectivity index (χ2n) is 2.88. The predicted octanol–water partition coefficient (Wildman–Crippen LogP) is 3.23. The zero-order valence-electron chi connectivity index (χ0n) is 6.87. The van der Waals surface area contributed by atoms with Gasteiger partial charge < -0.3 is 0 Å². The van der Waals surface area contributed by atoms with Gasteiger partial charge in [0.1, 0.15) is 0 Å². The van der Waals surface area contributed by atoms with Crippen molar-refractivity contribution in [2.75, 3.05) is 0 Å². The molecule has 0 aliphatic heterocycles. The van der Waals surface area contributed by atoms with Gasteiger partial charge in [0, 0.05) is 5.92 Å². The molecule has 1 rings (SSSR count). The first-order valence-electron chi connectivity index (χ1n) is 3.63. The molecule has 0 aromatic carbocycles. The van der Waals surface area contributed by atoms with Crippen LogP contribution in [-0.2, 0) is 0 Å². The molecule has 0 spiro atoms. The molecule has 1 atom stereocenters. The largest absolute Gasteiger partial charge is 0.416 e. The van der Waals surface area contributed by atoms with E-state index >= 15 is 0 Å². The molecule has 12 heavy (non-hydrogen) atoms. The van der Waals surface area contributed by atoms with Crippen LogP contribution in [0.3, 0.4) is 0 Å². The van der Waals surface area contributed by atoms with Gasteiger partial charge in [-0.25, -0.2) is 0 Å². The summed E-state index contributed by atoms with van der Waals surface area (Å²) in [5.74, 6) is -0.161. The molecule has 3 heteroatoms. The first-order valence-corrected chi connectivity index (χ1v) is 3.63. The highest BCUT2D eigenvalue weighted by atomic mass is 19.4. The van der Waals surface area contributed by atoms with Crippen LogP contribution in [0, 0.1) is 5.92 Å². The maximum absolute atomic E-state index is 12.1. The minimum Gasteiger partial charge on any atom is -0.166 e. The topological polar surface area (TPSA) is 0 Å². The van der Waals surface area contributed by atoms with Crippen LogP contribution in [0.15, 0.2) is 29.0 Å². The Morgan fingerprint density at radius 1 is 1.42 bits per heavy atom. The fourth-order valence-corrected chi connectivity index (χ4v) is 0.942. The lowest BCUT2D eigenvalue weighted by Gasteiger charge is -2.13. The Bertz CT molecular complexity index is 275. The van der Waals surface area contributed by atoms with E-state index in [0.717, 1.165) is 11.6 Å². The van der Waals surface area contributed by atoms with Gasteiger partial charge in [0.25, 0.3) is 0 Å². The molecule has 0 nitrogen and oxygen atoms in total. The molecule has 0 saturated heterocycles. The van der Waals surface area contributed by atoms with Crippen molar-refractivity contribution in [3.8, 4) is 0 Å². The van der Waals surface area contributed by atoms with Crippen molar-refractivity contribution in [2.24, 2.45) is 5.92 Å². The maximum atomic E-state index is 12.1. The van der Waals surface area contributed by atoms with E-state index in [4.69, 9.17) is 0 Å². The number of rotatable bonds is 0. The molecule has 1 unspecified atom stereocenters. The van der Waals surface area contributed by atoms with Crippen LogP contribution in [0.25, 0.3) is 0 Å². The summed E-state index contributed by atoms with van der Waals surface area (Å²) in [5, 5.41) is 0. The van der Waals surface area contributed by atoms with Crippen molar-refractivity contribution < 1.29 is 13.2 Å². The molecular weight excluding hydrogens is 165 g/mol. The van der Waals surface area contributed by atoms with E-state index in [1.807, 2.05) is 0 Å². The van der Waals surface area contributed by atoms with Crippen molar-refractivity contribution >= 4 is 0 Å². The van der Waals surface area contributed by atoms with E-state index in [0.29, 0.717) is 0 Å². The quantitative estimate of drug-likeness (QED) is 0.494. The lowest BCUT2D eigenvalue weighted by Crippen LogP contribution is -2.13. The number of alkyl halides is 3. The van der Waals surface area contributed by atoms with Gasteiger partial charge in [-0.05, 0) is 18.6 Å². The van der Waals surface area contributed by atoms with Gasteiger partial charge in [-0.1, -0.05) is 13.0 Å². The summed E-state index contributed by atoms with van der Waals surface area (Å²) in [6, 6.07) is 0. The summed E-state index contributed by atoms with van der Waals surface area (Å²) in [4.78, 5) is 0. The van der Waals surface area contributed by atoms with Crippen molar-refractivity contribution in [3.05, 3.63) is 29.0 Å². The molecule has 0 heterocycles. The smallest absolute Gasteiger partial charge is 0.166 e. The van der Waals surface area contributed by atoms with Crippen LogP contribution in [0.1, 0.15) is 13.8 Å². The third kappa shape index (κ3) is 1.80. The summed E-state index contributed by atoms with van der Waals surface area (Å²) in [7, 11) is 0. The van der Waals surface area contributed by atoms with E-state index < -0.39 is 11.7 Å². The van der Waals surface area contributed by atoms with Crippen molar-refractivity contribution in [1.82, 2.24) is 0 Å². The number of halogens is 3. The molecule has 0 radical (unpaired) electrons. The van der Waals surface area contributed by atoms with E-state index in [-0.39, 0.29) is 5.92 Å². The van der Waals surface area contributed by atoms with E-state index in [9.17, 15) is 13.2 Å². The second kappa shape index (κ2) is 2.83. The van der Waals surface area contributed by atoms with Gasteiger partial charge >= 0.3 is 6.18 Å². The molecule has 0 bridgehead atoms. The Kier molecular flexibility index (Phi) is 2.16. The fourth-order valence-electron chi connectivity index (χ4n) is 0.942. The normalized spacial score (nSPS) is 23.6. The molecule has 1 aliphatic rings. The van der Waals surface area contributed by atoms with Gasteiger partial charge in [-0.3, -0.25) is 0 Å².